The van der Waals surface area contributed by atoms with E-state index >= 15 is 0 Å². The van der Waals surface area contributed by atoms with Crippen LogP contribution in [-0.2, 0) is 17.6 Å². The number of phenols is 1. The van der Waals surface area contributed by atoms with Crippen molar-refractivity contribution in [3.8, 4) is 5.75 Å². The Morgan fingerprint density at radius 3 is 2.50 bits per heavy atom. The summed E-state index contributed by atoms with van der Waals surface area (Å²) in [4.78, 5) is 4.68. The monoisotopic (exact) mass is 295 g/mol. The molecule has 0 radical (unpaired) electrons. The van der Waals surface area contributed by atoms with Crippen LogP contribution in [0.15, 0.2) is 59.6 Å². The van der Waals surface area contributed by atoms with Crippen LogP contribution in [0.2, 0.25) is 0 Å². The molecule has 114 valence electrons. The molecule has 1 atom stereocenters. The van der Waals surface area contributed by atoms with Gasteiger partial charge in [-0.2, -0.15) is 0 Å². The first-order valence-corrected chi connectivity index (χ1v) is 7.81. The van der Waals surface area contributed by atoms with E-state index in [0.29, 0.717) is 12.4 Å². The van der Waals surface area contributed by atoms with Crippen LogP contribution >= 0.6 is 0 Å². The molecule has 0 fully saturated rings. The van der Waals surface area contributed by atoms with Crippen LogP contribution in [0.3, 0.4) is 0 Å². The van der Waals surface area contributed by atoms with Gasteiger partial charge in [0.2, 0.25) is 0 Å². The molecule has 1 heterocycles. The number of aromatic hydroxyl groups is 1. The SMILES string of the molecule is Oc1ccc(CCCC2=N[C@@H](Cc3ccccc3)CO2)cc1. The van der Waals surface area contributed by atoms with Crippen LogP contribution in [0.25, 0.3) is 0 Å². The van der Waals surface area contributed by atoms with E-state index in [1.165, 1.54) is 11.1 Å². The second-order valence-electron chi connectivity index (χ2n) is 5.70. The van der Waals surface area contributed by atoms with Crippen molar-refractivity contribution in [1.29, 1.82) is 0 Å². The van der Waals surface area contributed by atoms with E-state index in [1.54, 1.807) is 12.1 Å². The Bertz CT molecular complexity index is 620. The first kappa shape index (κ1) is 14.6. The number of hydrogen-bond acceptors (Lipinski definition) is 3. The van der Waals surface area contributed by atoms with Gasteiger partial charge in [0.05, 0.1) is 6.04 Å². The number of hydrogen-bond donors (Lipinski definition) is 1. The predicted molar refractivity (Wildman–Crippen MR) is 88.4 cm³/mol. The molecule has 3 rings (SSSR count). The van der Waals surface area contributed by atoms with Gasteiger partial charge in [0.25, 0.3) is 0 Å². The quantitative estimate of drug-likeness (QED) is 0.881. The van der Waals surface area contributed by atoms with Gasteiger partial charge in [0.1, 0.15) is 12.4 Å². The van der Waals surface area contributed by atoms with Crippen molar-refractivity contribution in [2.75, 3.05) is 6.61 Å². The van der Waals surface area contributed by atoms with Gasteiger partial charge >= 0.3 is 0 Å². The maximum atomic E-state index is 9.27. The van der Waals surface area contributed by atoms with Crippen molar-refractivity contribution in [3.63, 3.8) is 0 Å². The molecule has 1 N–H and O–H groups in total. The smallest absolute Gasteiger partial charge is 0.183 e. The van der Waals surface area contributed by atoms with Gasteiger partial charge in [-0.25, -0.2) is 4.99 Å². The maximum Gasteiger partial charge on any atom is 0.183 e. The van der Waals surface area contributed by atoms with E-state index in [-0.39, 0.29) is 6.04 Å². The van der Waals surface area contributed by atoms with Crippen LogP contribution in [-0.4, -0.2) is 23.7 Å². The Kier molecular flexibility index (Phi) is 4.74. The average molecular weight is 295 g/mol. The van der Waals surface area contributed by atoms with Gasteiger partial charge in [0.15, 0.2) is 5.90 Å². The van der Waals surface area contributed by atoms with Gasteiger partial charge < -0.3 is 9.84 Å². The first-order valence-electron chi connectivity index (χ1n) is 7.81. The fourth-order valence-corrected chi connectivity index (χ4v) is 2.70. The highest BCUT2D eigenvalue weighted by Gasteiger charge is 2.18. The molecular weight excluding hydrogens is 274 g/mol. The fraction of sp³-hybridized carbons (Fsp3) is 0.316. The molecule has 1 aliphatic heterocycles. The Morgan fingerprint density at radius 1 is 0.955 bits per heavy atom. The van der Waals surface area contributed by atoms with Crippen molar-refractivity contribution in [2.45, 2.75) is 31.7 Å². The standard InChI is InChI=1S/C19H21NO2/c21-18-11-9-15(10-12-18)7-4-8-19-20-17(14-22-19)13-16-5-2-1-3-6-16/h1-3,5-6,9-12,17,21H,4,7-8,13-14H2/t17-/m0/s1. The molecule has 0 aliphatic carbocycles. The third kappa shape index (κ3) is 4.10. The average Bonchev–Trinajstić information content (AvgIpc) is 2.98. The molecule has 2 aromatic carbocycles. The Labute approximate surface area is 131 Å². The minimum Gasteiger partial charge on any atom is -0.508 e. The van der Waals surface area contributed by atoms with E-state index in [9.17, 15) is 5.11 Å². The largest absolute Gasteiger partial charge is 0.508 e. The zero-order valence-electron chi connectivity index (χ0n) is 12.6. The van der Waals surface area contributed by atoms with E-state index in [0.717, 1.165) is 31.6 Å². The molecule has 0 spiro atoms. The second-order valence-corrected chi connectivity index (χ2v) is 5.70. The summed E-state index contributed by atoms with van der Waals surface area (Å²) in [6, 6.07) is 18.1. The van der Waals surface area contributed by atoms with Crippen molar-refractivity contribution in [3.05, 3.63) is 65.7 Å². The molecule has 3 heteroatoms. The summed E-state index contributed by atoms with van der Waals surface area (Å²) in [7, 11) is 0. The first-order chi connectivity index (χ1) is 10.8. The number of aliphatic imine (C=N–C) groups is 1. The molecule has 0 bridgehead atoms. The summed E-state index contributed by atoms with van der Waals surface area (Å²) in [5, 5.41) is 9.27. The molecular formula is C19H21NO2. The lowest BCUT2D eigenvalue weighted by Gasteiger charge is -2.04. The molecule has 0 aromatic heterocycles. The minimum absolute atomic E-state index is 0.256. The zero-order chi connectivity index (χ0) is 15.2. The summed E-state index contributed by atoms with van der Waals surface area (Å²) in [5.74, 6) is 1.20. The number of aryl methyl sites for hydroxylation is 1. The second kappa shape index (κ2) is 7.12. The third-order valence-electron chi connectivity index (χ3n) is 3.88. The summed E-state index contributed by atoms with van der Waals surface area (Å²) in [6.07, 6.45) is 3.82. The lowest BCUT2D eigenvalue weighted by atomic mass is 10.1. The topological polar surface area (TPSA) is 41.8 Å². The van der Waals surface area contributed by atoms with E-state index in [1.807, 2.05) is 18.2 Å². The minimum atomic E-state index is 0.256. The Balaban J connectivity index is 1.45. The number of ether oxygens (including phenoxy) is 1. The van der Waals surface area contributed by atoms with Gasteiger partial charge in [-0.1, -0.05) is 42.5 Å². The van der Waals surface area contributed by atoms with Crippen molar-refractivity contribution in [1.82, 2.24) is 0 Å². The number of benzene rings is 2. The summed E-state index contributed by atoms with van der Waals surface area (Å²) >= 11 is 0. The van der Waals surface area contributed by atoms with Crippen LogP contribution < -0.4 is 0 Å². The molecule has 0 amide bonds. The Morgan fingerprint density at radius 2 is 1.73 bits per heavy atom. The molecule has 0 saturated carbocycles. The summed E-state index contributed by atoms with van der Waals surface area (Å²) in [5.41, 5.74) is 2.54. The number of phenolic OH excluding ortho intramolecular Hbond substituents is 1. The van der Waals surface area contributed by atoms with Crippen LogP contribution in [0.5, 0.6) is 5.75 Å². The molecule has 0 unspecified atom stereocenters. The molecule has 22 heavy (non-hydrogen) atoms. The highest BCUT2D eigenvalue weighted by Crippen LogP contribution is 2.16. The Hall–Kier alpha value is -2.29. The normalized spacial score (nSPS) is 17.1. The van der Waals surface area contributed by atoms with Gasteiger partial charge in [-0.15, -0.1) is 0 Å². The molecule has 2 aromatic rings. The van der Waals surface area contributed by atoms with Crippen molar-refractivity contribution >= 4 is 5.90 Å². The van der Waals surface area contributed by atoms with Crippen molar-refractivity contribution < 1.29 is 9.84 Å². The number of rotatable bonds is 6. The lowest BCUT2D eigenvalue weighted by molar-refractivity contribution is 0.308. The van der Waals surface area contributed by atoms with Crippen LogP contribution in [0, 0.1) is 0 Å². The predicted octanol–water partition coefficient (Wildman–Crippen LogP) is 3.75. The highest BCUT2D eigenvalue weighted by atomic mass is 16.5. The van der Waals surface area contributed by atoms with Crippen LogP contribution in [0.1, 0.15) is 24.0 Å². The molecule has 3 nitrogen and oxygen atoms in total. The lowest BCUT2D eigenvalue weighted by Crippen LogP contribution is -2.09. The van der Waals surface area contributed by atoms with E-state index < -0.39 is 0 Å². The zero-order valence-corrected chi connectivity index (χ0v) is 12.6. The highest BCUT2D eigenvalue weighted by molar-refractivity contribution is 5.77. The molecule has 1 aliphatic rings. The van der Waals surface area contributed by atoms with E-state index in [2.05, 4.69) is 29.3 Å². The molecule has 0 saturated heterocycles. The van der Waals surface area contributed by atoms with Gasteiger partial charge in [-0.3, -0.25) is 0 Å². The third-order valence-corrected chi connectivity index (χ3v) is 3.88. The number of nitrogens with zero attached hydrogens (tertiary/aromatic N) is 1. The van der Waals surface area contributed by atoms with E-state index in [4.69, 9.17) is 4.74 Å². The van der Waals surface area contributed by atoms with Gasteiger partial charge in [0, 0.05) is 6.42 Å². The maximum absolute atomic E-state index is 9.27. The van der Waals surface area contributed by atoms with Gasteiger partial charge in [-0.05, 0) is 42.5 Å². The van der Waals surface area contributed by atoms with Crippen LogP contribution in [0.4, 0.5) is 0 Å². The summed E-state index contributed by atoms with van der Waals surface area (Å²) in [6.45, 7) is 0.698. The van der Waals surface area contributed by atoms with Crippen molar-refractivity contribution in [2.24, 2.45) is 4.99 Å². The summed E-state index contributed by atoms with van der Waals surface area (Å²) < 4.78 is 5.70. The fourth-order valence-electron chi connectivity index (χ4n) is 2.70.